The summed E-state index contributed by atoms with van der Waals surface area (Å²) in [4.78, 5) is 55.2. The number of likely N-dealkylation sites (tertiary alicyclic amines) is 1. The fraction of sp³-hybridized carbons (Fsp3) is 0.621. The number of halogens is 3. The van der Waals surface area contributed by atoms with Crippen molar-refractivity contribution in [1.82, 2.24) is 20.4 Å². The molecule has 1 spiro atoms. The molecule has 0 bridgehead atoms. The topological polar surface area (TPSA) is 132 Å². The second-order valence-electron chi connectivity index (χ2n) is 12.0. The molecule has 3 fully saturated rings. The number of alkyl halides is 3. The average Bonchev–Trinajstić information content (AvgIpc) is 3.88. The lowest BCUT2D eigenvalue weighted by atomic mass is 9.99. The zero-order chi connectivity index (χ0) is 30.4. The molecule has 13 heteroatoms. The maximum Gasteiger partial charge on any atom is 0.471 e. The van der Waals surface area contributed by atoms with E-state index < -0.39 is 53.5 Å². The Labute approximate surface area is 241 Å². The molecule has 226 valence electrons. The lowest BCUT2D eigenvalue weighted by molar-refractivity contribution is -0.175. The predicted octanol–water partition coefficient (Wildman–Crippen LogP) is 2.59. The molecule has 0 radical (unpaired) electrons. The van der Waals surface area contributed by atoms with Crippen molar-refractivity contribution < 1.29 is 37.1 Å². The molecular weight excluding hydrogens is 555 g/mol. The molecule has 1 aromatic carbocycles. The van der Waals surface area contributed by atoms with Gasteiger partial charge in [0.05, 0.1) is 18.7 Å². The number of carbonyl (C=O) groups excluding carboxylic acids is 4. The highest BCUT2D eigenvalue weighted by Crippen LogP contribution is 2.41. The molecule has 1 aromatic rings. The third-order valence-electron chi connectivity index (χ3n) is 8.69. The highest BCUT2D eigenvalue weighted by Gasteiger charge is 2.56. The fourth-order valence-corrected chi connectivity index (χ4v) is 5.88. The van der Waals surface area contributed by atoms with Gasteiger partial charge in [-0.25, -0.2) is 0 Å². The van der Waals surface area contributed by atoms with Gasteiger partial charge >= 0.3 is 12.1 Å². The van der Waals surface area contributed by atoms with Crippen LogP contribution in [0.1, 0.15) is 63.5 Å². The van der Waals surface area contributed by atoms with Crippen LogP contribution in [0, 0.1) is 23.2 Å². The summed E-state index contributed by atoms with van der Waals surface area (Å²) in [6.07, 6.45) is -1.84. The maximum absolute atomic E-state index is 14.1. The Kier molecular flexibility index (Phi) is 7.85. The van der Waals surface area contributed by atoms with E-state index in [0.29, 0.717) is 5.75 Å². The third kappa shape index (κ3) is 6.03. The lowest BCUT2D eigenvalue weighted by Gasteiger charge is -2.34. The number of rotatable bonds is 8. The number of carbonyl (C=O) groups is 4. The Morgan fingerprint density at radius 1 is 1.19 bits per heavy atom. The molecule has 1 unspecified atom stereocenters. The summed E-state index contributed by atoms with van der Waals surface area (Å²) < 4.78 is 45.4. The Bertz CT molecular complexity index is 1310. The largest absolute Gasteiger partial charge is 0.475 e. The van der Waals surface area contributed by atoms with Gasteiger partial charge in [0, 0.05) is 19.0 Å². The Hall–Kier alpha value is -3.82. The SMILES string of the molecule is CC1NC(=O)[C@]2(C[C@@H](C#N)N(C(=O)[C@H](CC3CC3)N(C)C(=O)[C@H](CC3CC3)NC(=O)C(F)(F)F)C2)Oc2ccccc21. The molecule has 2 saturated carbocycles. The quantitative estimate of drug-likeness (QED) is 0.479. The van der Waals surface area contributed by atoms with Crippen LogP contribution in [0.3, 0.4) is 0 Å². The molecule has 42 heavy (non-hydrogen) atoms. The Balaban J connectivity index is 1.40. The van der Waals surface area contributed by atoms with Gasteiger partial charge in [-0.3, -0.25) is 19.2 Å². The number of amides is 4. The van der Waals surface area contributed by atoms with Gasteiger partial charge in [-0.05, 0) is 37.7 Å². The van der Waals surface area contributed by atoms with Gasteiger partial charge in [0.2, 0.25) is 17.4 Å². The van der Waals surface area contributed by atoms with Crippen LogP contribution in [-0.2, 0) is 19.2 Å². The van der Waals surface area contributed by atoms with E-state index in [1.54, 1.807) is 19.1 Å². The van der Waals surface area contributed by atoms with Crippen LogP contribution >= 0.6 is 0 Å². The van der Waals surface area contributed by atoms with Crippen molar-refractivity contribution in [2.45, 2.75) is 87.8 Å². The number of para-hydroxylation sites is 1. The van der Waals surface area contributed by atoms with Crippen molar-refractivity contribution in [1.29, 1.82) is 5.26 Å². The van der Waals surface area contributed by atoms with Crippen LogP contribution in [0.2, 0.25) is 0 Å². The van der Waals surface area contributed by atoms with Crippen LogP contribution in [0.4, 0.5) is 13.2 Å². The first-order chi connectivity index (χ1) is 19.8. The highest BCUT2D eigenvalue weighted by atomic mass is 19.4. The van der Waals surface area contributed by atoms with Crippen molar-refractivity contribution >= 4 is 23.6 Å². The molecule has 1 saturated heterocycles. The van der Waals surface area contributed by atoms with Crippen molar-refractivity contribution in [3.8, 4) is 11.8 Å². The van der Waals surface area contributed by atoms with Crippen LogP contribution in [0.5, 0.6) is 5.75 Å². The first-order valence-corrected chi connectivity index (χ1v) is 14.3. The number of ether oxygens (including phenoxy) is 1. The number of likely N-dealkylation sites (N-methyl/N-ethyl adjacent to an activating group) is 1. The highest BCUT2D eigenvalue weighted by molar-refractivity contribution is 5.94. The monoisotopic (exact) mass is 589 g/mol. The zero-order valence-electron chi connectivity index (χ0n) is 23.4. The molecular formula is C29H34F3N5O5. The zero-order valence-corrected chi connectivity index (χ0v) is 23.4. The van der Waals surface area contributed by atoms with Gasteiger partial charge in [0.25, 0.3) is 5.91 Å². The number of nitriles is 1. The number of nitrogens with one attached hydrogen (secondary N) is 2. The van der Waals surface area contributed by atoms with Gasteiger partial charge in [-0.2, -0.15) is 18.4 Å². The van der Waals surface area contributed by atoms with Gasteiger partial charge in [-0.15, -0.1) is 0 Å². The number of hydrogen-bond acceptors (Lipinski definition) is 6. The molecule has 2 aliphatic carbocycles. The van der Waals surface area contributed by atoms with E-state index in [0.717, 1.165) is 36.1 Å². The minimum Gasteiger partial charge on any atom is -0.475 e. The molecule has 5 rings (SSSR count). The smallest absolute Gasteiger partial charge is 0.471 e. The molecule has 4 amide bonds. The van der Waals surface area contributed by atoms with Gasteiger partial charge in [0.15, 0.2) is 0 Å². The van der Waals surface area contributed by atoms with E-state index in [4.69, 9.17) is 4.74 Å². The number of benzene rings is 1. The third-order valence-corrected chi connectivity index (χ3v) is 8.69. The minimum atomic E-state index is -5.16. The summed E-state index contributed by atoms with van der Waals surface area (Å²) in [5, 5.41) is 14.8. The lowest BCUT2D eigenvalue weighted by Crippen LogP contribution is -2.58. The van der Waals surface area contributed by atoms with E-state index in [1.807, 2.05) is 17.4 Å². The molecule has 5 atom stereocenters. The van der Waals surface area contributed by atoms with Crippen molar-refractivity contribution in [2.24, 2.45) is 11.8 Å². The summed E-state index contributed by atoms with van der Waals surface area (Å²) in [6.45, 7) is 1.57. The number of fused-ring (bicyclic) bond motifs is 1. The van der Waals surface area contributed by atoms with E-state index >= 15 is 0 Å². The summed E-state index contributed by atoms with van der Waals surface area (Å²) in [6, 6.07) is 5.25. The van der Waals surface area contributed by atoms with E-state index in [2.05, 4.69) is 11.4 Å². The maximum atomic E-state index is 14.1. The Morgan fingerprint density at radius 3 is 2.45 bits per heavy atom. The van der Waals surface area contributed by atoms with Crippen molar-refractivity contribution in [3.63, 3.8) is 0 Å². The average molecular weight is 590 g/mol. The van der Waals surface area contributed by atoms with Crippen LogP contribution in [0.25, 0.3) is 0 Å². The van der Waals surface area contributed by atoms with Gasteiger partial charge < -0.3 is 25.2 Å². The normalized spacial score (nSPS) is 26.7. The molecule has 10 nitrogen and oxygen atoms in total. The molecule has 0 aromatic heterocycles. The van der Waals surface area contributed by atoms with Crippen molar-refractivity contribution in [2.75, 3.05) is 13.6 Å². The first-order valence-electron chi connectivity index (χ1n) is 14.3. The van der Waals surface area contributed by atoms with Crippen LogP contribution in [0.15, 0.2) is 24.3 Å². The van der Waals surface area contributed by atoms with E-state index in [1.165, 1.54) is 11.9 Å². The molecule has 2 N–H and O–H groups in total. The molecule has 2 heterocycles. The molecule has 4 aliphatic rings. The van der Waals surface area contributed by atoms with Crippen LogP contribution in [-0.4, -0.2) is 76.9 Å². The summed E-state index contributed by atoms with van der Waals surface area (Å²) in [5.74, 6) is -3.47. The second-order valence-corrected chi connectivity index (χ2v) is 12.0. The molecule has 2 aliphatic heterocycles. The summed E-state index contributed by atoms with van der Waals surface area (Å²) in [5.41, 5.74) is -0.792. The summed E-state index contributed by atoms with van der Waals surface area (Å²) >= 11 is 0. The van der Waals surface area contributed by atoms with E-state index in [9.17, 15) is 37.6 Å². The van der Waals surface area contributed by atoms with Crippen molar-refractivity contribution in [3.05, 3.63) is 29.8 Å². The first kappa shape index (κ1) is 29.7. The predicted molar refractivity (Wildman–Crippen MR) is 141 cm³/mol. The van der Waals surface area contributed by atoms with E-state index in [-0.39, 0.29) is 43.7 Å². The fourth-order valence-electron chi connectivity index (χ4n) is 5.88. The number of hydrogen-bond donors (Lipinski definition) is 2. The van der Waals surface area contributed by atoms with Gasteiger partial charge in [-0.1, -0.05) is 43.9 Å². The summed E-state index contributed by atoms with van der Waals surface area (Å²) in [7, 11) is 1.34. The van der Waals surface area contributed by atoms with Crippen LogP contribution < -0.4 is 15.4 Å². The standard InChI is InChI=1S/C29H34F3N5O5/c1-16-20-5-3-4-6-23(20)42-28(26(40)34-16)13-19(14-33)37(15-28)25(39)22(12-18-9-10-18)36(2)24(38)21(11-17-7-8-17)35-27(41)29(30,31)32/h3-6,16-19,21-22H,7-13,15H2,1-2H3,(H,34,40)(H,35,41)/t16?,19-,21-,22-,28+/m0/s1. The van der Waals surface area contributed by atoms with Gasteiger partial charge in [0.1, 0.15) is 23.9 Å². The minimum absolute atomic E-state index is 0.0102. The second kappa shape index (κ2) is 11.1. The number of nitrogens with zero attached hydrogens (tertiary/aromatic N) is 3. The Morgan fingerprint density at radius 2 is 1.83 bits per heavy atom.